The Morgan fingerprint density at radius 1 is 1.45 bits per heavy atom. The standard InChI is InChI=1S/C5H8N2O4/c8-2-1-6-4(9)3(7-2)5(10)11/h3,5,10-11H,1H2,(H,6,9)(H,7,8). The SMILES string of the molecule is O=C1CNC(=O)C(C(O)O)N1. The second-order valence-electron chi connectivity index (χ2n) is 2.18. The molecule has 1 fully saturated rings. The van der Waals surface area contributed by atoms with Crippen LogP contribution in [0.1, 0.15) is 0 Å². The molecule has 0 aromatic carbocycles. The molecule has 1 rings (SSSR count). The van der Waals surface area contributed by atoms with Crippen LogP contribution in [0.25, 0.3) is 0 Å². The summed E-state index contributed by atoms with van der Waals surface area (Å²) in [5.41, 5.74) is 0. The third kappa shape index (κ3) is 1.66. The summed E-state index contributed by atoms with van der Waals surface area (Å²) in [5, 5.41) is 21.4. The van der Waals surface area contributed by atoms with E-state index >= 15 is 0 Å². The van der Waals surface area contributed by atoms with Gasteiger partial charge in [0.1, 0.15) is 0 Å². The van der Waals surface area contributed by atoms with Gasteiger partial charge in [0.2, 0.25) is 11.8 Å². The number of rotatable bonds is 1. The molecular weight excluding hydrogens is 152 g/mol. The minimum Gasteiger partial charge on any atom is -0.366 e. The molecular formula is C5H8N2O4. The highest BCUT2D eigenvalue weighted by Crippen LogP contribution is 1.93. The summed E-state index contributed by atoms with van der Waals surface area (Å²) in [6.45, 7) is -0.109. The highest BCUT2D eigenvalue weighted by molar-refractivity contribution is 5.94. The van der Waals surface area contributed by atoms with Crippen LogP contribution < -0.4 is 10.6 Å². The molecule has 6 heteroatoms. The van der Waals surface area contributed by atoms with Gasteiger partial charge in [0.05, 0.1) is 6.54 Å². The molecule has 4 N–H and O–H groups in total. The maximum Gasteiger partial charge on any atom is 0.248 e. The molecule has 0 aliphatic carbocycles. The topological polar surface area (TPSA) is 98.7 Å². The molecule has 1 unspecified atom stereocenters. The second kappa shape index (κ2) is 2.85. The van der Waals surface area contributed by atoms with Gasteiger partial charge in [0.15, 0.2) is 12.3 Å². The number of nitrogens with one attached hydrogen (secondary N) is 2. The molecule has 6 nitrogen and oxygen atoms in total. The van der Waals surface area contributed by atoms with E-state index in [4.69, 9.17) is 10.2 Å². The van der Waals surface area contributed by atoms with Crippen molar-refractivity contribution in [2.75, 3.05) is 6.54 Å². The molecule has 0 spiro atoms. The van der Waals surface area contributed by atoms with Crippen LogP contribution in [0.2, 0.25) is 0 Å². The van der Waals surface area contributed by atoms with Gasteiger partial charge in [-0.3, -0.25) is 9.59 Å². The van der Waals surface area contributed by atoms with Gasteiger partial charge in [0.25, 0.3) is 0 Å². The van der Waals surface area contributed by atoms with E-state index in [1.54, 1.807) is 0 Å². The predicted molar refractivity (Wildman–Crippen MR) is 33.2 cm³/mol. The molecule has 62 valence electrons. The Bertz CT molecular complexity index is 191. The zero-order chi connectivity index (χ0) is 8.43. The Morgan fingerprint density at radius 2 is 2.09 bits per heavy atom. The van der Waals surface area contributed by atoms with E-state index in [1.165, 1.54) is 0 Å². The van der Waals surface area contributed by atoms with Crippen molar-refractivity contribution in [3.63, 3.8) is 0 Å². The lowest BCUT2D eigenvalue weighted by molar-refractivity contribution is -0.146. The average Bonchev–Trinajstić information content (AvgIpc) is 1.94. The normalized spacial score (nSPS) is 24.8. The number of aliphatic hydroxyl groups excluding tert-OH is 1. The van der Waals surface area contributed by atoms with E-state index in [0.29, 0.717) is 0 Å². The van der Waals surface area contributed by atoms with E-state index in [0.717, 1.165) is 0 Å². The number of piperazine rings is 1. The zero-order valence-corrected chi connectivity index (χ0v) is 5.57. The van der Waals surface area contributed by atoms with Gasteiger partial charge in [-0.05, 0) is 0 Å². The van der Waals surface area contributed by atoms with E-state index in [2.05, 4.69) is 10.6 Å². The molecule has 1 aliphatic rings. The zero-order valence-electron chi connectivity index (χ0n) is 5.57. The summed E-state index contributed by atoms with van der Waals surface area (Å²) >= 11 is 0. The van der Waals surface area contributed by atoms with Crippen LogP contribution >= 0.6 is 0 Å². The molecule has 1 aliphatic heterocycles. The quantitative estimate of drug-likeness (QED) is 0.305. The summed E-state index contributed by atoms with van der Waals surface area (Å²) in [6, 6.07) is -1.24. The smallest absolute Gasteiger partial charge is 0.248 e. The number of hydrogen-bond donors (Lipinski definition) is 4. The first-order valence-corrected chi connectivity index (χ1v) is 3.04. The van der Waals surface area contributed by atoms with Crippen LogP contribution in [0.15, 0.2) is 0 Å². The van der Waals surface area contributed by atoms with E-state index in [1.807, 2.05) is 0 Å². The molecule has 0 bridgehead atoms. The number of carbonyl (C=O) groups excluding carboxylic acids is 2. The number of hydrogen-bond acceptors (Lipinski definition) is 4. The molecule has 2 amide bonds. The summed E-state index contributed by atoms with van der Waals surface area (Å²) in [5.74, 6) is -1.01. The minimum absolute atomic E-state index is 0.109. The molecule has 1 heterocycles. The lowest BCUT2D eigenvalue weighted by atomic mass is 10.2. The maximum absolute atomic E-state index is 10.7. The van der Waals surface area contributed by atoms with Crippen molar-refractivity contribution in [1.82, 2.24) is 10.6 Å². The molecule has 11 heavy (non-hydrogen) atoms. The summed E-state index contributed by atoms with van der Waals surface area (Å²) in [4.78, 5) is 21.3. The van der Waals surface area contributed by atoms with Crippen molar-refractivity contribution >= 4 is 11.8 Å². The predicted octanol–water partition coefficient (Wildman–Crippen LogP) is -3.09. The van der Waals surface area contributed by atoms with Crippen LogP contribution in [0, 0.1) is 0 Å². The van der Waals surface area contributed by atoms with Gasteiger partial charge in [-0.2, -0.15) is 0 Å². The van der Waals surface area contributed by atoms with Gasteiger partial charge in [-0.25, -0.2) is 0 Å². The van der Waals surface area contributed by atoms with Gasteiger partial charge in [-0.1, -0.05) is 0 Å². The minimum atomic E-state index is -1.85. The maximum atomic E-state index is 10.7. The fourth-order valence-electron chi connectivity index (χ4n) is 0.777. The molecule has 1 atom stereocenters. The summed E-state index contributed by atoms with van der Waals surface area (Å²) < 4.78 is 0. The van der Waals surface area contributed by atoms with E-state index < -0.39 is 24.1 Å². The number of aliphatic hydroxyl groups is 2. The first kappa shape index (κ1) is 7.96. The second-order valence-corrected chi connectivity index (χ2v) is 2.18. The Hall–Kier alpha value is -1.14. The summed E-state index contributed by atoms with van der Waals surface area (Å²) in [6.07, 6.45) is -1.85. The monoisotopic (exact) mass is 160 g/mol. The Morgan fingerprint density at radius 3 is 2.55 bits per heavy atom. The molecule has 0 radical (unpaired) electrons. The van der Waals surface area contributed by atoms with Crippen molar-refractivity contribution in [3.05, 3.63) is 0 Å². The van der Waals surface area contributed by atoms with Crippen LogP contribution in [0.3, 0.4) is 0 Å². The van der Waals surface area contributed by atoms with Gasteiger partial charge < -0.3 is 20.8 Å². The van der Waals surface area contributed by atoms with Crippen LogP contribution in [0.5, 0.6) is 0 Å². The van der Waals surface area contributed by atoms with E-state index in [-0.39, 0.29) is 6.54 Å². The molecule has 0 aromatic heterocycles. The van der Waals surface area contributed by atoms with Crippen molar-refractivity contribution < 1.29 is 19.8 Å². The van der Waals surface area contributed by atoms with Gasteiger partial charge >= 0.3 is 0 Å². The summed E-state index contributed by atoms with van der Waals surface area (Å²) in [7, 11) is 0. The highest BCUT2D eigenvalue weighted by atomic mass is 16.5. The molecule has 0 saturated carbocycles. The number of amides is 2. The fourth-order valence-corrected chi connectivity index (χ4v) is 0.777. The van der Waals surface area contributed by atoms with E-state index in [9.17, 15) is 9.59 Å². The first-order valence-electron chi connectivity index (χ1n) is 3.04. The third-order valence-electron chi connectivity index (χ3n) is 1.32. The lowest BCUT2D eigenvalue weighted by Gasteiger charge is -2.23. The van der Waals surface area contributed by atoms with Crippen molar-refractivity contribution in [2.45, 2.75) is 12.3 Å². The van der Waals surface area contributed by atoms with Gasteiger partial charge in [-0.15, -0.1) is 0 Å². The molecule has 1 saturated heterocycles. The van der Waals surface area contributed by atoms with Crippen molar-refractivity contribution in [1.29, 1.82) is 0 Å². The van der Waals surface area contributed by atoms with Crippen molar-refractivity contribution in [3.8, 4) is 0 Å². The lowest BCUT2D eigenvalue weighted by Crippen LogP contribution is -2.60. The Balaban J connectivity index is 2.61. The van der Waals surface area contributed by atoms with Crippen molar-refractivity contribution in [2.24, 2.45) is 0 Å². The average molecular weight is 160 g/mol. The van der Waals surface area contributed by atoms with Crippen LogP contribution in [-0.2, 0) is 9.59 Å². The largest absolute Gasteiger partial charge is 0.366 e. The Labute approximate surface area is 62.2 Å². The molecule has 0 aromatic rings. The van der Waals surface area contributed by atoms with Crippen LogP contribution in [-0.4, -0.2) is 40.9 Å². The fraction of sp³-hybridized carbons (Fsp3) is 0.600. The Kier molecular flexibility index (Phi) is 2.06. The first-order chi connectivity index (χ1) is 5.11. The highest BCUT2D eigenvalue weighted by Gasteiger charge is 2.30. The van der Waals surface area contributed by atoms with Crippen LogP contribution in [0.4, 0.5) is 0 Å². The number of carbonyl (C=O) groups is 2. The third-order valence-corrected chi connectivity index (χ3v) is 1.32. The van der Waals surface area contributed by atoms with Gasteiger partial charge in [0, 0.05) is 0 Å².